The average molecular weight is 379 g/mol. The zero-order valence-corrected chi connectivity index (χ0v) is 15.8. The third kappa shape index (κ3) is 3.96. The van der Waals surface area contributed by atoms with Crippen LogP contribution in [0.15, 0.2) is 36.5 Å². The number of hydrogen-bond acceptors (Lipinski definition) is 4. The van der Waals surface area contributed by atoms with Crippen molar-refractivity contribution in [1.29, 1.82) is 0 Å². The summed E-state index contributed by atoms with van der Waals surface area (Å²) in [5.74, 6) is -0.475. The number of nitrogens with zero attached hydrogens (tertiary/aromatic N) is 1. The van der Waals surface area contributed by atoms with E-state index in [1.54, 1.807) is 24.3 Å². The van der Waals surface area contributed by atoms with E-state index in [9.17, 15) is 13.2 Å². The first kappa shape index (κ1) is 19.7. The highest BCUT2D eigenvalue weighted by Crippen LogP contribution is 2.37. The van der Waals surface area contributed by atoms with Crippen molar-refractivity contribution in [1.82, 2.24) is 4.98 Å². The number of pyridine rings is 1. The van der Waals surface area contributed by atoms with Crippen LogP contribution in [-0.2, 0) is 9.31 Å². The van der Waals surface area contributed by atoms with Crippen molar-refractivity contribution >= 4 is 12.6 Å². The minimum absolute atomic E-state index is 0.271. The molecule has 0 N–H and O–H groups in total. The minimum atomic E-state index is -4.81. The van der Waals surface area contributed by atoms with Gasteiger partial charge < -0.3 is 14.0 Å². The lowest BCUT2D eigenvalue weighted by molar-refractivity contribution is -0.275. The molecule has 0 saturated carbocycles. The predicted molar refractivity (Wildman–Crippen MR) is 96.8 cm³/mol. The van der Waals surface area contributed by atoms with Gasteiger partial charge in [-0.2, -0.15) is 0 Å². The highest BCUT2D eigenvalue weighted by Gasteiger charge is 2.51. The third-order valence-corrected chi connectivity index (χ3v) is 5.05. The van der Waals surface area contributed by atoms with Gasteiger partial charge >= 0.3 is 13.5 Å². The maximum absolute atomic E-state index is 12.7. The van der Waals surface area contributed by atoms with Gasteiger partial charge in [-0.05, 0) is 63.3 Å². The van der Waals surface area contributed by atoms with Crippen molar-refractivity contribution in [3.8, 4) is 17.0 Å². The van der Waals surface area contributed by atoms with E-state index in [0.29, 0.717) is 5.56 Å². The normalized spacial score (nSPS) is 18.6. The van der Waals surface area contributed by atoms with Gasteiger partial charge in [-0.25, -0.2) is 4.98 Å². The molecule has 0 radical (unpaired) electrons. The second kappa shape index (κ2) is 6.53. The molecule has 144 valence electrons. The largest absolute Gasteiger partial charge is 0.574 e. The Morgan fingerprint density at radius 3 is 2.19 bits per heavy atom. The maximum atomic E-state index is 12.7. The molecule has 1 fully saturated rings. The van der Waals surface area contributed by atoms with Crippen LogP contribution in [-0.4, -0.2) is 29.7 Å². The van der Waals surface area contributed by atoms with Gasteiger partial charge in [-0.15, -0.1) is 13.2 Å². The van der Waals surface area contributed by atoms with Gasteiger partial charge in [0.25, 0.3) is 0 Å². The van der Waals surface area contributed by atoms with Crippen molar-refractivity contribution in [2.75, 3.05) is 0 Å². The second-order valence-electron chi connectivity index (χ2n) is 7.57. The van der Waals surface area contributed by atoms with E-state index in [4.69, 9.17) is 9.31 Å². The zero-order chi connectivity index (χ0) is 20.0. The Balaban J connectivity index is 1.94. The van der Waals surface area contributed by atoms with Gasteiger partial charge in [0, 0.05) is 11.8 Å². The van der Waals surface area contributed by atoms with Crippen LogP contribution >= 0.6 is 0 Å². The Bertz CT molecular complexity index is 836. The molecular weight excluding hydrogens is 358 g/mol. The molecule has 0 spiro atoms. The molecule has 3 rings (SSSR count). The fraction of sp³-hybridized carbons (Fsp3) is 0.421. The maximum Gasteiger partial charge on any atom is 0.574 e. The smallest absolute Gasteiger partial charge is 0.399 e. The summed E-state index contributed by atoms with van der Waals surface area (Å²) in [6.07, 6.45) is -3.54. The van der Waals surface area contributed by atoms with E-state index in [2.05, 4.69) is 9.72 Å². The first-order valence-corrected chi connectivity index (χ1v) is 8.57. The molecular formula is C19H21BF3NO3. The van der Waals surface area contributed by atoms with E-state index in [1.165, 1.54) is 6.20 Å². The fourth-order valence-electron chi connectivity index (χ4n) is 2.90. The lowest BCUT2D eigenvalue weighted by Crippen LogP contribution is -2.41. The number of aryl methyl sites for hydroxylation is 1. The Morgan fingerprint density at radius 1 is 1.00 bits per heavy atom. The molecule has 2 heterocycles. The summed E-state index contributed by atoms with van der Waals surface area (Å²) in [7, 11) is -0.539. The number of alkyl halides is 3. The predicted octanol–water partition coefficient (Wildman–Crippen LogP) is 4.25. The van der Waals surface area contributed by atoms with Crippen molar-refractivity contribution in [2.24, 2.45) is 0 Å². The Labute approximate surface area is 156 Å². The topological polar surface area (TPSA) is 40.6 Å². The van der Waals surface area contributed by atoms with Crippen molar-refractivity contribution < 1.29 is 27.2 Å². The van der Waals surface area contributed by atoms with E-state index in [1.807, 2.05) is 40.7 Å². The monoisotopic (exact) mass is 379 g/mol. The SMILES string of the molecule is Cc1cc(B2OC(C)(C)C(C)(C)O2)ccc1-c1cccnc1OC(F)(F)F. The molecule has 27 heavy (non-hydrogen) atoms. The molecule has 0 bridgehead atoms. The van der Waals surface area contributed by atoms with Crippen LogP contribution in [0, 0.1) is 6.92 Å². The lowest BCUT2D eigenvalue weighted by Gasteiger charge is -2.32. The van der Waals surface area contributed by atoms with Crippen LogP contribution in [0.3, 0.4) is 0 Å². The molecule has 2 aromatic rings. The fourth-order valence-corrected chi connectivity index (χ4v) is 2.90. The van der Waals surface area contributed by atoms with Crippen LogP contribution in [0.4, 0.5) is 13.2 Å². The van der Waals surface area contributed by atoms with Gasteiger partial charge in [-0.1, -0.05) is 18.2 Å². The number of benzene rings is 1. The molecule has 4 nitrogen and oxygen atoms in total. The summed E-state index contributed by atoms with van der Waals surface area (Å²) in [6, 6.07) is 8.48. The van der Waals surface area contributed by atoms with E-state index < -0.39 is 30.6 Å². The van der Waals surface area contributed by atoms with Gasteiger partial charge in [0.1, 0.15) is 0 Å². The number of ether oxygens (including phenoxy) is 1. The van der Waals surface area contributed by atoms with Crippen LogP contribution in [0.2, 0.25) is 0 Å². The molecule has 1 aliphatic heterocycles. The molecule has 0 unspecified atom stereocenters. The van der Waals surface area contributed by atoms with E-state index in [-0.39, 0.29) is 5.56 Å². The quantitative estimate of drug-likeness (QED) is 0.748. The van der Waals surface area contributed by atoms with Crippen LogP contribution in [0.5, 0.6) is 5.88 Å². The molecule has 1 aromatic carbocycles. The highest BCUT2D eigenvalue weighted by molar-refractivity contribution is 6.62. The number of hydrogen-bond donors (Lipinski definition) is 0. The first-order valence-electron chi connectivity index (χ1n) is 8.57. The first-order chi connectivity index (χ1) is 12.4. The van der Waals surface area contributed by atoms with E-state index >= 15 is 0 Å². The molecule has 0 atom stereocenters. The lowest BCUT2D eigenvalue weighted by atomic mass is 9.77. The number of halogens is 3. The minimum Gasteiger partial charge on any atom is -0.399 e. The summed E-state index contributed by atoms with van der Waals surface area (Å²) >= 11 is 0. The zero-order valence-electron chi connectivity index (χ0n) is 15.8. The summed E-state index contributed by atoms with van der Waals surface area (Å²) in [5.41, 5.74) is 1.50. The third-order valence-electron chi connectivity index (χ3n) is 5.05. The molecule has 1 aliphatic rings. The summed E-state index contributed by atoms with van der Waals surface area (Å²) in [6.45, 7) is 9.67. The highest BCUT2D eigenvalue weighted by atomic mass is 19.4. The molecule has 8 heteroatoms. The Morgan fingerprint density at radius 2 is 1.63 bits per heavy atom. The molecule has 1 aromatic heterocycles. The summed E-state index contributed by atoms with van der Waals surface area (Å²) < 4.78 is 54.1. The molecule has 0 aliphatic carbocycles. The van der Waals surface area contributed by atoms with Crippen LogP contribution in [0.1, 0.15) is 33.3 Å². The summed E-state index contributed by atoms with van der Waals surface area (Å²) in [5, 5.41) is 0. The number of aromatic nitrogens is 1. The Hall–Kier alpha value is -2.06. The van der Waals surface area contributed by atoms with Crippen LogP contribution < -0.4 is 10.2 Å². The van der Waals surface area contributed by atoms with Gasteiger partial charge in [0.15, 0.2) is 0 Å². The molecule has 1 saturated heterocycles. The van der Waals surface area contributed by atoms with Crippen molar-refractivity contribution in [2.45, 2.75) is 52.2 Å². The average Bonchev–Trinajstić information content (AvgIpc) is 2.75. The summed E-state index contributed by atoms with van der Waals surface area (Å²) in [4.78, 5) is 3.73. The van der Waals surface area contributed by atoms with Gasteiger partial charge in [0.05, 0.1) is 11.2 Å². The Kier molecular flexibility index (Phi) is 4.76. The number of rotatable bonds is 3. The van der Waals surface area contributed by atoms with Crippen molar-refractivity contribution in [3.05, 3.63) is 42.1 Å². The van der Waals surface area contributed by atoms with Gasteiger partial charge in [-0.3, -0.25) is 0 Å². The second-order valence-corrected chi connectivity index (χ2v) is 7.57. The van der Waals surface area contributed by atoms with E-state index in [0.717, 1.165) is 11.0 Å². The molecule has 0 amide bonds. The van der Waals surface area contributed by atoms with Crippen LogP contribution in [0.25, 0.3) is 11.1 Å². The van der Waals surface area contributed by atoms with Gasteiger partial charge in [0.2, 0.25) is 5.88 Å². The standard InChI is InChI=1S/C19H21BF3NO3/c1-12-11-13(20-26-17(2,3)18(4,5)27-20)8-9-14(12)15-7-6-10-24-16(15)25-19(21,22)23/h6-11H,1-5H3. The van der Waals surface area contributed by atoms with Crippen molar-refractivity contribution in [3.63, 3.8) is 0 Å².